The highest BCUT2D eigenvalue weighted by Gasteiger charge is 2.25. The SMILES string of the molecule is CCCCS(=O)(=O)ON=C1c2ccccc2-c2ccccc21. The van der Waals surface area contributed by atoms with Gasteiger partial charge in [0.25, 0.3) is 0 Å². The molecule has 1 aliphatic carbocycles. The van der Waals surface area contributed by atoms with Gasteiger partial charge >= 0.3 is 10.1 Å². The first kappa shape index (κ1) is 14.8. The predicted molar refractivity (Wildman–Crippen MR) is 87.3 cm³/mol. The lowest BCUT2D eigenvalue weighted by molar-refractivity contribution is 0.338. The summed E-state index contributed by atoms with van der Waals surface area (Å²) in [5.74, 6) is -0.0103. The van der Waals surface area contributed by atoms with Crippen molar-refractivity contribution in [3.63, 3.8) is 0 Å². The molecule has 0 aliphatic heterocycles. The molecule has 0 unspecified atom stereocenters. The van der Waals surface area contributed by atoms with E-state index in [1.165, 1.54) is 0 Å². The van der Waals surface area contributed by atoms with Gasteiger partial charge in [0, 0.05) is 11.1 Å². The molecule has 0 spiro atoms. The fourth-order valence-electron chi connectivity index (χ4n) is 2.54. The molecule has 4 nitrogen and oxygen atoms in total. The van der Waals surface area contributed by atoms with Crippen molar-refractivity contribution in [2.75, 3.05) is 5.75 Å². The van der Waals surface area contributed by atoms with Crippen LogP contribution >= 0.6 is 0 Å². The van der Waals surface area contributed by atoms with E-state index >= 15 is 0 Å². The van der Waals surface area contributed by atoms with Crippen molar-refractivity contribution in [3.05, 3.63) is 59.7 Å². The number of hydrogen-bond acceptors (Lipinski definition) is 4. The number of hydrogen-bond donors (Lipinski definition) is 0. The first-order valence-electron chi connectivity index (χ1n) is 7.31. The van der Waals surface area contributed by atoms with Crippen LogP contribution in [0, 0.1) is 0 Å². The van der Waals surface area contributed by atoms with Crippen molar-refractivity contribution < 1.29 is 12.7 Å². The van der Waals surface area contributed by atoms with Crippen LogP contribution in [0.1, 0.15) is 30.9 Å². The zero-order chi connectivity index (χ0) is 15.6. The van der Waals surface area contributed by atoms with Gasteiger partial charge in [0.15, 0.2) is 0 Å². The predicted octanol–water partition coefficient (Wildman–Crippen LogP) is 3.57. The van der Waals surface area contributed by atoms with E-state index in [1.54, 1.807) is 0 Å². The van der Waals surface area contributed by atoms with Crippen molar-refractivity contribution in [1.82, 2.24) is 0 Å². The molecule has 1 aliphatic rings. The topological polar surface area (TPSA) is 55.7 Å². The average molecular weight is 315 g/mol. The highest BCUT2D eigenvalue weighted by atomic mass is 32.2. The van der Waals surface area contributed by atoms with Crippen molar-refractivity contribution in [2.45, 2.75) is 19.8 Å². The van der Waals surface area contributed by atoms with E-state index in [-0.39, 0.29) is 5.75 Å². The summed E-state index contributed by atoms with van der Waals surface area (Å²) in [6, 6.07) is 15.6. The van der Waals surface area contributed by atoms with E-state index in [4.69, 9.17) is 4.28 Å². The number of benzene rings is 2. The Balaban J connectivity index is 1.99. The Bertz CT molecular complexity index is 778. The van der Waals surface area contributed by atoms with Crippen molar-refractivity contribution >= 4 is 15.8 Å². The van der Waals surface area contributed by atoms with E-state index in [1.807, 2.05) is 55.5 Å². The standard InChI is InChI=1S/C17H17NO3S/c1-2-3-12-22(19,20)21-18-17-15-10-6-4-8-13(15)14-9-5-7-11-16(14)17/h4-11H,2-3,12H2,1H3. The molecule has 3 rings (SSSR count). The lowest BCUT2D eigenvalue weighted by Gasteiger charge is -2.03. The summed E-state index contributed by atoms with van der Waals surface area (Å²) in [6.07, 6.45) is 1.37. The first-order chi connectivity index (χ1) is 10.6. The molecule has 2 aromatic carbocycles. The van der Waals surface area contributed by atoms with Gasteiger partial charge in [-0.15, -0.1) is 0 Å². The molecule has 2 aromatic rings. The van der Waals surface area contributed by atoms with Crippen LogP contribution in [0.5, 0.6) is 0 Å². The maximum absolute atomic E-state index is 11.8. The molecule has 0 fully saturated rings. The highest BCUT2D eigenvalue weighted by molar-refractivity contribution is 7.86. The zero-order valence-electron chi connectivity index (χ0n) is 12.3. The van der Waals surface area contributed by atoms with Crippen LogP contribution in [0.2, 0.25) is 0 Å². The van der Waals surface area contributed by atoms with Crippen LogP contribution in [-0.2, 0) is 14.4 Å². The van der Waals surface area contributed by atoms with Gasteiger partial charge in [-0.1, -0.05) is 67.0 Å². The Hall–Kier alpha value is -2.14. The quantitative estimate of drug-likeness (QED) is 0.676. The van der Waals surface area contributed by atoms with Gasteiger partial charge in [-0.05, 0) is 17.5 Å². The van der Waals surface area contributed by atoms with E-state index < -0.39 is 10.1 Å². The highest BCUT2D eigenvalue weighted by Crippen LogP contribution is 2.36. The molecule has 114 valence electrons. The third-order valence-electron chi connectivity index (χ3n) is 3.64. The minimum atomic E-state index is -3.62. The van der Waals surface area contributed by atoms with Gasteiger partial charge in [-0.2, -0.15) is 8.42 Å². The monoisotopic (exact) mass is 315 g/mol. The number of unbranched alkanes of at least 4 members (excludes halogenated alkanes) is 1. The third-order valence-corrected chi connectivity index (χ3v) is 4.73. The fraction of sp³-hybridized carbons (Fsp3) is 0.235. The molecule has 5 heteroatoms. The number of rotatable bonds is 5. The van der Waals surface area contributed by atoms with E-state index in [9.17, 15) is 8.42 Å². The molecule has 0 heterocycles. The maximum atomic E-state index is 11.8. The van der Waals surface area contributed by atoms with Crippen LogP contribution in [0.25, 0.3) is 11.1 Å². The lowest BCUT2D eigenvalue weighted by atomic mass is 10.1. The molecule has 0 saturated carbocycles. The molecule has 0 saturated heterocycles. The summed E-state index contributed by atoms with van der Waals surface area (Å²) in [7, 11) is -3.62. The third kappa shape index (κ3) is 2.76. The summed E-state index contributed by atoms with van der Waals surface area (Å²) in [5.41, 5.74) is 4.47. The largest absolute Gasteiger partial charge is 0.328 e. The van der Waals surface area contributed by atoms with Gasteiger partial charge in [-0.3, -0.25) is 4.28 Å². The molecule has 0 radical (unpaired) electrons. The smallest absolute Gasteiger partial charge is 0.268 e. The Morgan fingerprint density at radius 1 is 0.909 bits per heavy atom. The maximum Gasteiger partial charge on any atom is 0.328 e. The van der Waals surface area contributed by atoms with Crippen LogP contribution < -0.4 is 0 Å². The Morgan fingerprint density at radius 2 is 1.41 bits per heavy atom. The molecule has 0 amide bonds. The summed E-state index contributed by atoms with van der Waals surface area (Å²) in [5, 5.41) is 3.96. The second-order valence-electron chi connectivity index (χ2n) is 5.22. The van der Waals surface area contributed by atoms with E-state index in [0.29, 0.717) is 12.1 Å². The van der Waals surface area contributed by atoms with Crippen molar-refractivity contribution in [1.29, 1.82) is 0 Å². The van der Waals surface area contributed by atoms with E-state index in [2.05, 4.69) is 5.16 Å². The first-order valence-corrected chi connectivity index (χ1v) is 8.88. The van der Waals surface area contributed by atoms with Crippen LogP contribution in [-0.4, -0.2) is 19.9 Å². The summed E-state index contributed by atoms with van der Waals surface area (Å²) in [4.78, 5) is 0. The van der Waals surface area contributed by atoms with Gasteiger partial charge in [-0.25, -0.2) is 0 Å². The van der Waals surface area contributed by atoms with Crippen molar-refractivity contribution in [2.24, 2.45) is 5.16 Å². The van der Waals surface area contributed by atoms with Gasteiger partial charge in [0.2, 0.25) is 0 Å². The number of oxime groups is 1. The van der Waals surface area contributed by atoms with Crippen LogP contribution in [0.15, 0.2) is 53.7 Å². The van der Waals surface area contributed by atoms with E-state index in [0.717, 1.165) is 28.7 Å². The second-order valence-corrected chi connectivity index (χ2v) is 6.89. The van der Waals surface area contributed by atoms with Crippen molar-refractivity contribution in [3.8, 4) is 11.1 Å². The normalized spacial score (nSPS) is 12.7. The van der Waals surface area contributed by atoms with Gasteiger partial charge in [0.05, 0.1) is 5.75 Å². The Labute approximate surface area is 130 Å². The second kappa shape index (κ2) is 5.93. The summed E-state index contributed by atoms with van der Waals surface area (Å²) in [6.45, 7) is 1.94. The average Bonchev–Trinajstić information content (AvgIpc) is 2.85. The Kier molecular flexibility index (Phi) is 3.98. The fourth-order valence-corrected chi connectivity index (χ4v) is 3.45. The zero-order valence-corrected chi connectivity index (χ0v) is 13.1. The minimum Gasteiger partial charge on any atom is -0.268 e. The van der Waals surface area contributed by atoms with Crippen LogP contribution in [0.4, 0.5) is 0 Å². The number of fused-ring (bicyclic) bond motifs is 3. The molecule has 0 aromatic heterocycles. The Morgan fingerprint density at radius 3 is 1.91 bits per heavy atom. The van der Waals surface area contributed by atoms with Gasteiger partial charge in [0.1, 0.15) is 5.71 Å². The molecular weight excluding hydrogens is 298 g/mol. The minimum absolute atomic E-state index is 0.0103. The number of nitrogens with zero attached hydrogens (tertiary/aromatic N) is 1. The summed E-state index contributed by atoms with van der Waals surface area (Å²) < 4.78 is 28.6. The van der Waals surface area contributed by atoms with Gasteiger partial charge < -0.3 is 0 Å². The molecule has 0 bridgehead atoms. The molecular formula is C17H17NO3S. The molecule has 0 N–H and O–H groups in total. The molecule has 22 heavy (non-hydrogen) atoms. The summed E-state index contributed by atoms with van der Waals surface area (Å²) >= 11 is 0. The van der Waals surface area contributed by atoms with Crippen LogP contribution in [0.3, 0.4) is 0 Å². The molecule has 0 atom stereocenters. The lowest BCUT2D eigenvalue weighted by Crippen LogP contribution is -2.09.